The molecule has 1 aromatic carbocycles. The van der Waals surface area contributed by atoms with Gasteiger partial charge in [0, 0.05) is 5.02 Å². The van der Waals surface area contributed by atoms with E-state index < -0.39 is 0 Å². The van der Waals surface area contributed by atoms with E-state index in [0.717, 1.165) is 36.8 Å². The molecule has 0 radical (unpaired) electrons. The summed E-state index contributed by atoms with van der Waals surface area (Å²) < 4.78 is 5.66. The first-order valence-corrected chi connectivity index (χ1v) is 6.59. The molecule has 96 valence electrons. The summed E-state index contributed by atoms with van der Waals surface area (Å²) in [6, 6.07) is 5.96. The van der Waals surface area contributed by atoms with Crippen LogP contribution in [-0.4, -0.2) is 20.2 Å². The predicted molar refractivity (Wildman–Crippen MR) is 74.2 cm³/mol. The van der Waals surface area contributed by atoms with Gasteiger partial charge in [-0.25, -0.2) is 0 Å². The lowest BCUT2D eigenvalue weighted by Crippen LogP contribution is -2.09. The van der Waals surface area contributed by atoms with Crippen molar-refractivity contribution in [2.24, 2.45) is 0 Å². The molecule has 0 saturated carbocycles. The predicted octanol–water partition coefficient (Wildman–Crippen LogP) is 3.84. The van der Waals surface area contributed by atoms with Crippen LogP contribution in [-0.2, 0) is 0 Å². The Hall–Kier alpha value is -0.730. The van der Waals surface area contributed by atoms with Gasteiger partial charge in [-0.2, -0.15) is 0 Å². The minimum absolute atomic E-state index is 0.451. The third-order valence-corrected chi connectivity index (χ3v) is 3.01. The lowest BCUT2D eigenvalue weighted by atomic mass is 10.0. The van der Waals surface area contributed by atoms with Crippen LogP contribution in [0.1, 0.15) is 38.2 Å². The third-order valence-electron chi connectivity index (χ3n) is 2.68. The molecule has 0 unspecified atom stereocenters. The average molecular weight is 256 g/mol. The van der Waals surface area contributed by atoms with Gasteiger partial charge in [0.1, 0.15) is 5.75 Å². The molecule has 0 amide bonds. The first-order chi connectivity index (χ1) is 8.15. The molecular formula is C14H22ClNO. The van der Waals surface area contributed by atoms with Gasteiger partial charge in [-0.3, -0.25) is 0 Å². The number of unbranched alkanes of at least 4 members (excludes halogenated alkanes) is 1. The van der Waals surface area contributed by atoms with E-state index in [1.165, 1.54) is 5.56 Å². The number of ether oxygens (including phenoxy) is 1. The number of hydrogen-bond donors (Lipinski definition) is 1. The normalized spacial score (nSPS) is 10.9. The van der Waals surface area contributed by atoms with Gasteiger partial charge in [-0.05, 0) is 50.0 Å². The number of nitrogens with one attached hydrogen (secondary N) is 1. The van der Waals surface area contributed by atoms with Gasteiger partial charge in [0.15, 0.2) is 0 Å². The van der Waals surface area contributed by atoms with Crippen molar-refractivity contribution in [3.8, 4) is 5.75 Å². The Morgan fingerprint density at radius 1 is 1.29 bits per heavy atom. The van der Waals surface area contributed by atoms with Crippen molar-refractivity contribution >= 4 is 11.6 Å². The molecular weight excluding hydrogens is 234 g/mol. The van der Waals surface area contributed by atoms with Crippen molar-refractivity contribution in [1.29, 1.82) is 0 Å². The third kappa shape index (κ3) is 4.97. The van der Waals surface area contributed by atoms with Gasteiger partial charge in [-0.15, -0.1) is 0 Å². The number of benzene rings is 1. The Kier molecular flexibility index (Phi) is 6.38. The molecule has 0 aliphatic rings. The Morgan fingerprint density at radius 2 is 2.06 bits per heavy atom. The van der Waals surface area contributed by atoms with E-state index in [0.29, 0.717) is 5.92 Å². The largest absolute Gasteiger partial charge is 0.494 e. The summed E-state index contributed by atoms with van der Waals surface area (Å²) in [6.45, 7) is 6.06. The summed E-state index contributed by atoms with van der Waals surface area (Å²) in [5, 5.41) is 3.92. The van der Waals surface area contributed by atoms with Crippen molar-refractivity contribution < 1.29 is 4.74 Å². The second-order valence-corrected chi connectivity index (χ2v) is 4.90. The van der Waals surface area contributed by atoms with E-state index in [2.05, 4.69) is 25.2 Å². The number of hydrogen-bond acceptors (Lipinski definition) is 2. The standard InChI is InChI=1S/C14H22ClNO/c1-11(2)13-7-6-12(10-14(13)15)17-9-5-4-8-16-3/h6-7,10-11,16H,4-5,8-9H2,1-3H3. The van der Waals surface area contributed by atoms with Crippen molar-refractivity contribution in [3.05, 3.63) is 28.8 Å². The van der Waals surface area contributed by atoms with Gasteiger partial charge in [0.25, 0.3) is 0 Å². The zero-order valence-corrected chi connectivity index (χ0v) is 11.7. The monoisotopic (exact) mass is 255 g/mol. The summed E-state index contributed by atoms with van der Waals surface area (Å²) in [7, 11) is 1.96. The molecule has 2 nitrogen and oxygen atoms in total. The number of halogens is 1. The Bertz CT molecular complexity index is 339. The zero-order chi connectivity index (χ0) is 12.7. The lowest BCUT2D eigenvalue weighted by Gasteiger charge is -2.11. The van der Waals surface area contributed by atoms with Gasteiger partial charge in [-0.1, -0.05) is 31.5 Å². The first kappa shape index (κ1) is 14.3. The van der Waals surface area contributed by atoms with Crippen molar-refractivity contribution in [2.75, 3.05) is 20.2 Å². The van der Waals surface area contributed by atoms with Crippen LogP contribution in [0.5, 0.6) is 5.75 Å². The molecule has 17 heavy (non-hydrogen) atoms. The fourth-order valence-electron chi connectivity index (χ4n) is 1.66. The second-order valence-electron chi connectivity index (χ2n) is 4.50. The van der Waals surface area contributed by atoms with Crippen LogP contribution in [0.15, 0.2) is 18.2 Å². The maximum absolute atomic E-state index is 6.20. The highest BCUT2D eigenvalue weighted by atomic mass is 35.5. The maximum atomic E-state index is 6.20. The molecule has 0 aliphatic carbocycles. The Morgan fingerprint density at radius 3 is 2.65 bits per heavy atom. The molecule has 1 rings (SSSR count). The molecule has 1 aromatic rings. The van der Waals surface area contributed by atoms with Crippen LogP contribution in [0.25, 0.3) is 0 Å². The molecule has 0 spiro atoms. The van der Waals surface area contributed by atoms with Crippen LogP contribution < -0.4 is 10.1 Å². The van der Waals surface area contributed by atoms with Gasteiger partial charge < -0.3 is 10.1 Å². The molecule has 0 aromatic heterocycles. The molecule has 0 saturated heterocycles. The summed E-state index contributed by atoms with van der Waals surface area (Å²) >= 11 is 6.20. The van der Waals surface area contributed by atoms with Crippen molar-refractivity contribution in [1.82, 2.24) is 5.32 Å². The SMILES string of the molecule is CNCCCCOc1ccc(C(C)C)c(Cl)c1. The van der Waals surface area contributed by atoms with E-state index in [-0.39, 0.29) is 0 Å². The molecule has 0 atom stereocenters. The van der Waals surface area contributed by atoms with E-state index >= 15 is 0 Å². The minimum Gasteiger partial charge on any atom is -0.494 e. The first-order valence-electron chi connectivity index (χ1n) is 6.22. The van der Waals surface area contributed by atoms with E-state index in [4.69, 9.17) is 16.3 Å². The lowest BCUT2D eigenvalue weighted by molar-refractivity contribution is 0.306. The van der Waals surface area contributed by atoms with Crippen LogP contribution >= 0.6 is 11.6 Å². The van der Waals surface area contributed by atoms with Gasteiger partial charge in [0.2, 0.25) is 0 Å². The summed E-state index contributed by atoms with van der Waals surface area (Å²) in [5.41, 5.74) is 1.18. The van der Waals surface area contributed by atoms with Gasteiger partial charge >= 0.3 is 0 Å². The Balaban J connectivity index is 2.42. The summed E-state index contributed by atoms with van der Waals surface area (Å²) in [6.07, 6.45) is 2.19. The smallest absolute Gasteiger partial charge is 0.120 e. The van der Waals surface area contributed by atoms with Gasteiger partial charge in [0.05, 0.1) is 6.61 Å². The average Bonchev–Trinajstić information content (AvgIpc) is 2.28. The molecule has 0 aliphatic heterocycles. The second kappa shape index (κ2) is 7.57. The Labute approximate surface area is 109 Å². The van der Waals surface area contributed by atoms with E-state index in [1.807, 2.05) is 19.2 Å². The molecule has 0 heterocycles. The van der Waals surface area contributed by atoms with E-state index in [1.54, 1.807) is 0 Å². The summed E-state index contributed by atoms with van der Waals surface area (Å²) in [5.74, 6) is 1.32. The van der Waals surface area contributed by atoms with Crippen molar-refractivity contribution in [2.45, 2.75) is 32.6 Å². The summed E-state index contributed by atoms with van der Waals surface area (Å²) in [4.78, 5) is 0. The quantitative estimate of drug-likeness (QED) is 0.748. The van der Waals surface area contributed by atoms with Crippen LogP contribution in [0, 0.1) is 0 Å². The molecule has 0 fully saturated rings. The topological polar surface area (TPSA) is 21.3 Å². The van der Waals surface area contributed by atoms with Crippen molar-refractivity contribution in [3.63, 3.8) is 0 Å². The highest BCUT2D eigenvalue weighted by Gasteiger charge is 2.06. The fraction of sp³-hybridized carbons (Fsp3) is 0.571. The minimum atomic E-state index is 0.451. The zero-order valence-electron chi connectivity index (χ0n) is 10.9. The van der Waals surface area contributed by atoms with Crippen LogP contribution in [0.4, 0.5) is 0 Å². The molecule has 3 heteroatoms. The molecule has 0 bridgehead atoms. The fourth-order valence-corrected chi connectivity index (χ4v) is 2.05. The van der Waals surface area contributed by atoms with Crippen LogP contribution in [0.3, 0.4) is 0 Å². The highest BCUT2D eigenvalue weighted by molar-refractivity contribution is 6.31. The number of rotatable bonds is 7. The molecule has 1 N–H and O–H groups in total. The highest BCUT2D eigenvalue weighted by Crippen LogP contribution is 2.28. The van der Waals surface area contributed by atoms with E-state index in [9.17, 15) is 0 Å². The maximum Gasteiger partial charge on any atom is 0.120 e. The van der Waals surface area contributed by atoms with Crippen LogP contribution in [0.2, 0.25) is 5.02 Å².